The summed E-state index contributed by atoms with van der Waals surface area (Å²) in [5.74, 6) is -0.665. The van der Waals surface area contributed by atoms with Crippen molar-refractivity contribution in [2.45, 2.75) is 0 Å². The third-order valence-electron chi connectivity index (χ3n) is 1.13. The first-order valence-corrected chi connectivity index (χ1v) is 3.57. The highest BCUT2D eigenvalue weighted by Crippen LogP contribution is 2.06. The molecule has 0 radical (unpaired) electrons. The molecule has 0 spiro atoms. The van der Waals surface area contributed by atoms with Crippen molar-refractivity contribution < 1.29 is 14.4 Å². The lowest BCUT2D eigenvalue weighted by Gasteiger charge is -2.00. The van der Waals surface area contributed by atoms with Crippen LogP contribution in [0.25, 0.3) is 0 Å². The average molecular weight is 220 g/mol. The Balaban J connectivity index is 3.09. The molecule has 0 aliphatic carbocycles. The van der Waals surface area contributed by atoms with Gasteiger partial charge in [-0.1, -0.05) is 15.9 Å². The monoisotopic (exact) mass is 219 g/mol. The van der Waals surface area contributed by atoms with Crippen molar-refractivity contribution in [3.05, 3.63) is 22.7 Å². The van der Waals surface area contributed by atoms with Crippen LogP contribution in [0.5, 0.6) is 0 Å². The zero-order valence-electron chi connectivity index (χ0n) is 5.33. The second-order valence-electron chi connectivity index (χ2n) is 1.90. The van der Waals surface area contributed by atoms with Crippen molar-refractivity contribution in [2.75, 3.05) is 0 Å². The quantitative estimate of drug-likeness (QED) is 0.502. The molecule has 3 nitrogen and oxygen atoms in total. The van der Waals surface area contributed by atoms with Crippen LogP contribution >= 0.6 is 15.9 Å². The van der Waals surface area contributed by atoms with Gasteiger partial charge in [0.05, 0.1) is 0 Å². The highest BCUT2D eigenvalue weighted by atomic mass is 79.9. The number of pyridine rings is 1. The SMILES string of the molecule is OB(O)c1cnc(F)cc1Br. The lowest BCUT2D eigenvalue weighted by atomic mass is 9.82. The Morgan fingerprint density at radius 1 is 1.55 bits per heavy atom. The van der Waals surface area contributed by atoms with E-state index in [0.29, 0.717) is 4.47 Å². The molecule has 0 atom stereocenters. The fraction of sp³-hybridized carbons (Fsp3) is 0. The normalized spacial score (nSPS) is 9.82. The molecule has 1 heterocycles. The van der Waals surface area contributed by atoms with Crippen molar-refractivity contribution in [1.29, 1.82) is 0 Å². The lowest BCUT2D eigenvalue weighted by Crippen LogP contribution is -2.31. The van der Waals surface area contributed by atoms with Crippen molar-refractivity contribution >= 4 is 28.5 Å². The summed E-state index contributed by atoms with van der Waals surface area (Å²) in [6, 6.07) is 1.06. The Bertz CT molecular complexity index is 271. The van der Waals surface area contributed by atoms with Gasteiger partial charge in [-0.25, -0.2) is 4.98 Å². The van der Waals surface area contributed by atoms with Crippen molar-refractivity contribution in [3.8, 4) is 0 Å². The lowest BCUT2D eigenvalue weighted by molar-refractivity contribution is 0.425. The molecule has 0 aliphatic rings. The molecule has 0 aliphatic heterocycles. The Kier molecular flexibility index (Phi) is 2.59. The summed E-state index contributed by atoms with van der Waals surface area (Å²) >= 11 is 2.95. The maximum absolute atomic E-state index is 12.3. The summed E-state index contributed by atoms with van der Waals surface area (Å²) in [6.45, 7) is 0. The van der Waals surface area contributed by atoms with Gasteiger partial charge >= 0.3 is 7.12 Å². The first kappa shape index (κ1) is 8.64. The number of rotatable bonds is 1. The van der Waals surface area contributed by atoms with Crippen molar-refractivity contribution in [3.63, 3.8) is 0 Å². The number of hydrogen-bond donors (Lipinski definition) is 2. The van der Waals surface area contributed by atoms with Crippen LogP contribution in [-0.4, -0.2) is 22.2 Å². The third-order valence-corrected chi connectivity index (χ3v) is 1.81. The van der Waals surface area contributed by atoms with E-state index in [9.17, 15) is 4.39 Å². The first-order valence-electron chi connectivity index (χ1n) is 2.78. The molecule has 11 heavy (non-hydrogen) atoms. The van der Waals surface area contributed by atoms with Gasteiger partial charge in [-0.2, -0.15) is 4.39 Å². The molecule has 0 fully saturated rings. The van der Waals surface area contributed by atoms with Crippen LogP contribution in [0.1, 0.15) is 0 Å². The summed E-state index contributed by atoms with van der Waals surface area (Å²) in [5.41, 5.74) is 0.145. The van der Waals surface area contributed by atoms with Gasteiger partial charge in [-0.15, -0.1) is 0 Å². The summed E-state index contributed by atoms with van der Waals surface area (Å²) in [6.07, 6.45) is 1.06. The second kappa shape index (κ2) is 3.29. The summed E-state index contributed by atoms with van der Waals surface area (Å²) < 4.78 is 12.6. The Morgan fingerprint density at radius 3 is 2.64 bits per heavy atom. The van der Waals surface area contributed by atoms with Gasteiger partial charge in [0.15, 0.2) is 0 Å². The summed E-state index contributed by atoms with van der Waals surface area (Å²) in [5, 5.41) is 17.3. The highest BCUT2D eigenvalue weighted by Gasteiger charge is 2.15. The molecule has 2 N–H and O–H groups in total. The van der Waals surface area contributed by atoms with E-state index in [1.54, 1.807) is 0 Å². The van der Waals surface area contributed by atoms with Crippen LogP contribution in [0.4, 0.5) is 4.39 Å². The van der Waals surface area contributed by atoms with Crippen LogP contribution in [0.3, 0.4) is 0 Å². The van der Waals surface area contributed by atoms with Crippen LogP contribution in [0, 0.1) is 5.95 Å². The fourth-order valence-corrected chi connectivity index (χ4v) is 1.10. The largest absolute Gasteiger partial charge is 0.491 e. The molecular formula is C5H4BBrFNO2. The topological polar surface area (TPSA) is 53.4 Å². The maximum atomic E-state index is 12.3. The van der Waals surface area contributed by atoms with E-state index in [-0.39, 0.29) is 5.46 Å². The van der Waals surface area contributed by atoms with Crippen molar-refractivity contribution in [1.82, 2.24) is 4.98 Å². The molecule has 1 rings (SSSR count). The minimum absolute atomic E-state index is 0.145. The Labute approximate surface area is 71.2 Å². The predicted molar refractivity (Wildman–Crippen MR) is 41.7 cm³/mol. The van der Waals surface area contributed by atoms with Gasteiger partial charge in [0.25, 0.3) is 0 Å². The fourth-order valence-electron chi connectivity index (χ4n) is 0.608. The number of aromatic nitrogens is 1. The van der Waals surface area contributed by atoms with Crippen LogP contribution in [0.15, 0.2) is 16.7 Å². The molecule has 1 aromatic heterocycles. The van der Waals surface area contributed by atoms with Gasteiger partial charge in [0.2, 0.25) is 5.95 Å². The highest BCUT2D eigenvalue weighted by molar-refractivity contribution is 9.10. The van der Waals surface area contributed by atoms with Gasteiger partial charge in [-0.05, 0) is 0 Å². The van der Waals surface area contributed by atoms with Crippen LogP contribution in [-0.2, 0) is 0 Å². The second-order valence-corrected chi connectivity index (χ2v) is 2.76. The molecule has 1 aromatic rings. The first-order chi connectivity index (χ1) is 5.11. The van der Waals surface area contributed by atoms with E-state index in [2.05, 4.69) is 20.9 Å². The minimum Gasteiger partial charge on any atom is -0.423 e. The molecule has 0 saturated carbocycles. The Hall–Kier alpha value is -0.455. The van der Waals surface area contributed by atoms with E-state index < -0.39 is 13.1 Å². The molecule has 0 bridgehead atoms. The number of hydrogen-bond acceptors (Lipinski definition) is 3. The molecule has 0 amide bonds. The van der Waals surface area contributed by atoms with Crippen LogP contribution in [0.2, 0.25) is 0 Å². The van der Waals surface area contributed by atoms with E-state index in [1.165, 1.54) is 0 Å². The zero-order valence-corrected chi connectivity index (χ0v) is 6.92. The number of halogens is 2. The molecule has 6 heteroatoms. The van der Waals surface area contributed by atoms with E-state index >= 15 is 0 Å². The molecule has 58 valence electrons. The maximum Gasteiger partial charge on any atom is 0.491 e. The third kappa shape index (κ3) is 1.98. The smallest absolute Gasteiger partial charge is 0.423 e. The van der Waals surface area contributed by atoms with Gasteiger partial charge in [-0.3, -0.25) is 0 Å². The summed E-state index contributed by atoms with van der Waals surface area (Å²) in [4.78, 5) is 3.24. The number of nitrogens with zero attached hydrogens (tertiary/aromatic N) is 1. The molecule has 0 saturated heterocycles. The molecular weight excluding hydrogens is 216 g/mol. The van der Waals surface area contributed by atoms with Crippen molar-refractivity contribution in [2.24, 2.45) is 0 Å². The standard InChI is InChI=1S/C5H4BBrFNO2/c7-4-1-5(8)9-2-3(4)6(10)11/h1-2,10-11H. The minimum atomic E-state index is -1.63. The average Bonchev–Trinajstić information content (AvgIpc) is 1.85. The zero-order chi connectivity index (χ0) is 8.43. The molecule has 0 aromatic carbocycles. The van der Waals surface area contributed by atoms with Gasteiger partial charge in [0.1, 0.15) is 0 Å². The van der Waals surface area contributed by atoms with E-state index in [4.69, 9.17) is 10.0 Å². The van der Waals surface area contributed by atoms with Gasteiger partial charge < -0.3 is 10.0 Å². The molecule has 0 unspecified atom stereocenters. The Morgan fingerprint density at radius 2 is 2.18 bits per heavy atom. The predicted octanol–water partition coefficient (Wildman–Crippen LogP) is -0.337. The van der Waals surface area contributed by atoms with Gasteiger partial charge in [0, 0.05) is 22.2 Å². The van der Waals surface area contributed by atoms with E-state index in [0.717, 1.165) is 12.3 Å². The van der Waals surface area contributed by atoms with E-state index in [1.807, 2.05) is 0 Å². The van der Waals surface area contributed by atoms with Crippen LogP contribution < -0.4 is 5.46 Å². The summed E-state index contributed by atoms with van der Waals surface area (Å²) in [7, 11) is -1.63.